The first-order valence-electron chi connectivity index (χ1n) is 7.53. The molecular weight excluding hydrogens is 389 g/mol. The van der Waals surface area contributed by atoms with Gasteiger partial charge < -0.3 is 10.6 Å². The van der Waals surface area contributed by atoms with E-state index in [-0.39, 0.29) is 36.4 Å². The lowest BCUT2D eigenvalue weighted by molar-refractivity contribution is -0.123. The van der Waals surface area contributed by atoms with Gasteiger partial charge in [-0.3, -0.25) is 14.5 Å². The van der Waals surface area contributed by atoms with Crippen molar-refractivity contribution in [2.45, 2.75) is 11.4 Å². The number of nitrogens with zero attached hydrogens (tertiary/aromatic N) is 1. The van der Waals surface area contributed by atoms with Crippen LogP contribution < -0.4 is 10.6 Å². The number of amides is 2. The zero-order valence-electron chi connectivity index (χ0n) is 13.5. The van der Waals surface area contributed by atoms with Gasteiger partial charge in [0.05, 0.1) is 46.7 Å². The van der Waals surface area contributed by atoms with Crippen LogP contribution in [0.1, 0.15) is 0 Å². The summed E-state index contributed by atoms with van der Waals surface area (Å²) >= 11 is 11.9. The molecular formula is C15H19Cl2N3O4S. The quantitative estimate of drug-likeness (QED) is 0.677. The summed E-state index contributed by atoms with van der Waals surface area (Å²) in [5, 5.41) is 5.05. The van der Waals surface area contributed by atoms with Crippen LogP contribution in [0, 0.1) is 0 Å². The summed E-state index contributed by atoms with van der Waals surface area (Å²) in [4.78, 5) is 25.5. The molecule has 1 aliphatic heterocycles. The smallest absolute Gasteiger partial charge is 0.238 e. The van der Waals surface area contributed by atoms with E-state index in [1.54, 1.807) is 31.3 Å². The number of carbonyl (C=O) groups is 2. The topological polar surface area (TPSA) is 95.6 Å². The van der Waals surface area contributed by atoms with Crippen molar-refractivity contribution in [3.63, 3.8) is 0 Å². The molecule has 1 aromatic carbocycles. The number of nitrogens with one attached hydrogen (secondary N) is 2. The monoisotopic (exact) mass is 407 g/mol. The second-order valence-electron chi connectivity index (χ2n) is 5.97. The van der Waals surface area contributed by atoms with Crippen molar-refractivity contribution in [3.05, 3.63) is 29.3 Å². The summed E-state index contributed by atoms with van der Waals surface area (Å²) < 4.78 is 23.0. The Kier molecular flexibility index (Phi) is 6.67. The Bertz CT molecular complexity index is 757. The maximum absolute atomic E-state index is 12.0. The predicted molar refractivity (Wildman–Crippen MR) is 97.8 cm³/mol. The van der Waals surface area contributed by atoms with E-state index >= 15 is 0 Å². The molecule has 0 bridgehead atoms. The maximum atomic E-state index is 12.0. The van der Waals surface area contributed by atoms with Crippen molar-refractivity contribution in [1.82, 2.24) is 10.2 Å². The van der Waals surface area contributed by atoms with Gasteiger partial charge in [-0.1, -0.05) is 23.7 Å². The van der Waals surface area contributed by atoms with Crippen molar-refractivity contribution in [1.29, 1.82) is 0 Å². The first-order valence-corrected chi connectivity index (χ1v) is 10.2. The van der Waals surface area contributed by atoms with Gasteiger partial charge in [-0.15, -0.1) is 11.6 Å². The zero-order valence-corrected chi connectivity index (χ0v) is 15.9. The molecule has 25 heavy (non-hydrogen) atoms. The number of likely N-dealkylation sites (N-methyl/N-ethyl adjacent to an activating group) is 1. The van der Waals surface area contributed by atoms with Crippen molar-refractivity contribution >= 4 is 50.5 Å². The number of sulfone groups is 1. The van der Waals surface area contributed by atoms with Gasteiger partial charge in [0.2, 0.25) is 11.8 Å². The molecule has 1 aliphatic rings. The molecule has 0 saturated carbocycles. The van der Waals surface area contributed by atoms with Crippen LogP contribution in [0.15, 0.2) is 24.3 Å². The minimum Gasteiger partial charge on any atom is -0.350 e. The highest BCUT2D eigenvalue weighted by atomic mass is 35.5. The van der Waals surface area contributed by atoms with E-state index in [1.807, 2.05) is 0 Å². The SMILES string of the molecule is CN(CC(=O)Nc1ccccc1Cl)CC(=O)N[C@@H]1CS(=O)(=O)C[C@@H]1Cl. The largest absolute Gasteiger partial charge is 0.350 e. The Balaban J connectivity index is 1.79. The lowest BCUT2D eigenvalue weighted by atomic mass is 10.2. The third-order valence-corrected chi connectivity index (χ3v) is 6.31. The fourth-order valence-electron chi connectivity index (χ4n) is 2.49. The third-order valence-electron chi connectivity index (χ3n) is 3.60. The minimum atomic E-state index is -3.21. The van der Waals surface area contributed by atoms with Gasteiger partial charge in [0.1, 0.15) is 0 Å². The van der Waals surface area contributed by atoms with Crippen molar-refractivity contribution in [2.75, 3.05) is 37.0 Å². The average Bonchev–Trinajstić information content (AvgIpc) is 2.73. The summed E-state index contributed by atoms with van der Waals surface area (Å²) in [5.41, 5.74) is 0.494. The molecule has 2 rings (SSSR count). The molecule has 1 aromatic rings. The van der Waals surface area contributed by atoms with Crippen molar-refractivity contribution < 1.29 is 18.0 Å². The summed E-state index contributed by atoms with van der Waals surface area (Å²) in [6.07, 6.45) is 0. The van der Waals surface area contributed by atoms with E-state index in [4.69, 9.17) is 23.2 Å². The van der Waals surface area contributed by atoms with Crippen LogP contribution in [-0.4, -0.2) is 68.2 Å². The van der Waals surface area contributed by atoms with Gasteiger partial charge in [0, 0.05) is 0 Å². The van der Waals surface area contributed by atoms with Crippen LogP contribution >= 0.6 is 23.2 Å². The molecule has 0 unspecified atom stereocenters. The number of para-hydroxylation sites is 1. The average molecular weight is 408 g/mol. The molecule has 10 heteroatoms. The first kappa shape index (κ1) is 20.0. The normalized spacial score (nSPS) is 21.9. The Labute approximate surface area is 156 Å². The molecule has 2 N–H and O–H groups in total. The molecule has 0 aliphatic carbocycles. The number of rotatable bonds is 6. The van der Waals surface area contributed by atoms with Crippen LogP contribution in [0.3, 0.4) is 0 Å². The van der Waals surface area contributed by atoms with Gasteiger partial charge in [-0.2, -0.15) is 0 Å². The van der Waals surface area contributed by atoms with Gasteiger partial charge in [0.25, 0.3) is 0 Å². The summed E-state index contributed by atoms with van der Waals surface area (Å²) in [6, 6.07) is 6.23. The van der Waals surface area contributed by atoms with Crippen LogP contribution in [0.2, 0.25) is 5.02 Å². The van der Waals surface area contributed by atoms with E-state index in [0.29, 0.717) is 10.7 Å². The molecule has 0 aromatic heterocycles. The van der Waals surface area contributed by atoms with Crippen LogP contribution in [0.4, 0.5) is 5.69 Å². The lowest BCUT2D eigenvalue weighted by Crippen LogP contribution is -2.46. The fourth-order valence-corrected chi connectivity index (χ4v) is 5.22. The first-order chi connectivity index (χ1) is 11.7. The Hall–Kier alpha value is -1.35. The molecule has 1 heterocycles. The van der Waals surface area contributed by atoms with E-state index in [2.05, 4.69) is 10.6 Å². The highest BCUT2D eigenvalue weighted by molar-refractivity contribution is 7.91. The highest BCUT2D eigenvalue weighted by Gasteiger charge is 2.37. The number of halogens is 2. The van der Waals surface area contributed by atoms with Crippen LogP contribution in [0.25, 0.3) is 0 Å². The molecule has 2 amide bonds. The number of alkyl halides is 1. The van der Waals surface area contributed by atoms with Crippen LogP contribution in [0.5, 0.6) is 0 Å². The standard InChI is InChI=1S/C15H19Cl2N3O4S/c1-20(6-14(21)18-12-5-3-2-4-10(12)16)7-15(22)19-13-9-25(23,24)8-11(13)17/h2-5,11,13H,6-9H2,1H3,(H,18,21)(H,19,22)/t11-,13+/m0/s1. The van der Waals surface area contributed by atoms with E-state index in [1.165, 1.54) is 4.90 Å². The zero-order chi connectivity index (χ0) is 18.6. The lowest BCUT2D eigenvalue weighted by Gasteiger charge is -2.19. The third kappa shape index (κ3) is 6.14. The number of hydrogen-bond acceptors (Lipinski definition) is 5. The van der Waals surface area contributed by atoms with Crippen LogP contribution in [-0.2, 0) is 19.4 Å². The van der Waals surface area contributed by atoms with E-state index < -0.39 is 21.3 Å². The summed E-state index contributed by atoms with van der Waals surface area (Å²) in [6.45, 7) is -0.0813. The second-order valence-corrected chi connectivity index (χ2v) is 9.09. The van der Waals surface area contributed by atoms with Gasteiger partial charge >= 0.3 is 0 Å². The van der Waals surface area contributed by atoms with E-state index in [9.17, 15) is 18.0 Å². The highest BCUT2D eigenvalue weighted by Crippen LogP contribution is 2.20. The minimum absolute atomic E-state index is 0.0219. The van der Waals surface area contributed by atoms with Gasteiger partial charge in [-0.25, -0.2) is 8.42 Å². The molecule has 2 atom stereocenters. The molecule has 138 valence electrons. The number of anilines is 1. The number of benzene rings is 1. The maximum Gasteiger partial charge on any atom is 0.238 e. The Morgan fingerprint density at radius 3 is 2.44 bits per heavy atom. The van der Waals surface area contributed by atoms with Crippen molar-refractivity contribution in [3.8, 4) is 0 Å². The van der Waals surface area contributed by atoms with Gasteiger partial charge in [-0.05, 0) is 19.2 Å². The molecule has 0 radical (unpaired) electrons. The number of hydrogen-bond donors (Lipinski definition) is 2. The Morgan fingerprint density at radius 1 is 1.20 bits per heavy atom. The molecule has 7 nitrogen and oxygen atoms in total. The predicted octanol–water partition coefficient (Wildman–Crippen LogP) is 0.731. The Morgan fingerprint density at radius 2 is 1.84 bits per heavy atom. The fraction of sp³-hybridized carbons (Fsp3) is 0.467. The molecule has 0 spiro atoms. The molecule has 1 saturated heterocycles. The van der Waals surface area contributed by atoms with E-state index in [0.717, 1.165) is 0 Å². The van der Waals surface area contributed by atoms with Crippen molar-refractivity contribution in [2.24, 2.45) is 0 Å². The van der Waals surface area contributed by atoms with Gasteiger partial charge in [0.15, 0.2) is 9.84 Å². The summed E-state index contributed by atoms with van der Waals surface area (Å²) in [5.74, 6) is -1.01. The summed E-state index contributed by atoms with van der Waals surface area (Å²) in [7, 11) is -1.61. The number of carbonyl (C=O) groups excluding carboxylic acids is 2. The molecule has 1 fully saturated rings. The second kappa shape index (κ2) is 8.35.